The van der Waals surface area contributed by atoms with Crippen LogP contribution in [0.2, 0.25) is 19.6 Å². The lowest BCUT2D eigenvalue weighted by atomic mass is 10.1. The van der Waals surface area contributed by atoms with Crippen molar-refractivity contribution in [1.29, 1.82) is 0 Å². The van der Waals surface area contributed by atoms with Crippen LogP contribution in [-0.4, -0.2) is 19.6 Å². The molecule has 1 aromatic carbocycles. The number of ketones is 2. The van der Waals surface area contributed by atoms with Gasteiger partial charge in [-0.15, -0.1) is 5.54 Å². The Morgan fingerprint density at radius 1 is 1.00 bits per heavy atom. The summed E-state index contributed by atoms with van der Waals surface area (Å²) >= 11 is 0. The lowest BCUT2D eigenvalue weighted by molar-refractivity contribution is 0.101. The first-order valence-electron chi connectivity index (χ1n) is 5.48. The van der Waals surface area contributed by atoms with Crippen LogP contribution in [0.3, 0.4) is 0 Å². The molecule has 0 aliphatic carbocycles. The van der Waals surface area contributed by atoms with Gasteiger partial charge in [0.15, 0.2) is 5.78 Å². The molecule has 88 valence electrons. The van der Waals surface area contributed by atoms with Crippen molar-refractivity contribution < 1.29 is 9.59 Å². The second kappa shape index (κ2) is 5.11. The average molecular weight is 244 g/mol. The van der Waals surface area contributed by atoms with Crippen molar-refractivity contribution in [2.24, 2.45) is 0 Å². The van der Waals surface area contributed by atoms with E-state index in [4.69, 9.17) is 0 Å². The molecule has 3 heteroatoms. The molecule has 0 atom stereocenters. The molecule has 0 aromatic heterocycles. The van der Waals surface area contributed by atoms with Gasteiger partial charge in [-0.3, -0.25) is 9.59 Å². The van der Waals surface area contributed by atoms with E-state index in [1.165, 1.54) is 6.92 Å². The van der Waals surface area contributed by atoms with Crippen LogP contribution in [0.4, 0.5) is 0 Å². The molecule has 0 amide bonds. The fourth-order valence-corrected chi connectivity index (χ4v) is 1.66. The SMILES string of the molecule is CC(=O)c1ccc(C(=O)C#C[Si](C)(C)C)cc1. The highest BCUT2D eigenvalue weighted by molar-refractivity contribution is 6.84. The molecule has 0 spiro atoms. The fraction of sp³-hybridized carbons (Fsp3) is 0.286. The molecule has 0 saturated heterocycles. The van der Waals surface area contributed by atoms with Gasteiger partial charge in [0.1, 0.15) is 8.07 Å². The molecule has 0 unspecified atom stereocenters. The zero-order valence-electron chi connectivity index (χ0n) is 10.6. The van der Waals surface area contributed by atoms with E-state index in [-0.39, 0.29) is 11.6 Å². The highest BCUT2D eigenvalue weighted by atomic mass is 28.3. The van der Waals surface area contributed by atoms with Gasteiger partial charge in [0.05, 0.1) is 0 Å². The summed E-state index contributed by atoms with van der Waals surface area (Å²) in [7, 11) is -1.52. The van der Waals surface area contributed by atoms with E-state index in [2.05, 4.69) is 31.1 Å². The highest BCUT2D eigenvalue weighted by Gasteiger charge is 2.09. The van der Waals surface area contributed by atoms with Gasteiger partial charge in [0.2, 0.25) is 5.78 Å². The number of hydrogen-bond acceptors (Lipinski definition) is 2. The standard InChI is InChI=1S/C14H16O2Si/c1-11(15)12-5-7-13(8-6-12)14(16)9-10-17(2,3)4/h5-8H,1-4H3. The van der Waals surface area contributed by atoms with Gasteiger partial charge in [0, 0.05) is 11.1 Å². The van der Waals surface area contributed by atoms with Crippen molar-refractivity contribution >= 4 is 19.6 Å². The Bertz CT molecular complexity index is 496. The van der Waals surface area contributed by atoms with Gasteiger partial charge in [-0.1, -0.05) is 31.8 Å². The maximum atomic E-state index is 11.7. The first-order valence-corrected chi connectivity index (χ1v) is 8.98. The Kier molecular flexibility index (Phi) is 4.03. The van der Waals surface area contributed by atoms with Crippen LogP contribution in [0.15, 0.2) is 24.3 Å². The van der Waals surface area contributed by atoms with Gasteiger partial charge in [0.25, 0.3) is 0 Å². The Labute approximate surface area is 103 Å². The summed E-state index contributed by atoms with van der Waals surface area (Å²) in [5, 5.41) is 0. The van der Waals surface area contributed by atoms with Crippen molar-refractivity contribution in [3.8, 4) is 11.5 Å². The minimum absolute atomic E-state index is 0.00261. The van der Waals surface area contributed by atoms with Crippen molar-refractivity contribution in [1.82, 2.24) is 0 Å². The normalized spacial score (nSPS) is 10.4. The summed E-state index contributed by atoms with van der Waals surface area (Å²) in [4.78, 5) is 22.8. The third kappa shape index (κ3) is 4.37. The maximum Gasteiger partial charge on any atom is 0.235 e. The number of rotatable bonds is 2. The number of benzene rings is 1. The van der Waals surface area contributed by atoms with Crippen LogP contribution < -0.4 is 0 Å². The molecule has 1 rings (SSSR count). The number of carbonyl (C=O) groups is 2. The van der Waals surface area contributed by atoms with Gasteiger partial charge in [-0.2, -0.15) is 0 Å². The zero-order valence-corrected chi connectivity index (χ0v) is 11.6. The number of hydrogen-bond donors (Lipinski definition) is 0. The van der Waals surface area contributed by atoms with Crippen molar-refractivity contribution in [2.45, 2.75) is 26.6 Å². The number of carbonyl (C=O) groups excluding carboxylic acids is 2. The van der Waals surface area contributed by atoms with Crippen LogP contribution in [-0.2, 0) is 0 Å². The predicted octanol–water partition coefficient (Wildman–Crippen LogP) is 2.95. The van der Waals surface area contributed by atoms with Gasteiger partial charge in [-0.25, -0.2) is 0 Å². The number of Topliss-reactive ketones (excluding diaryl/α,β-unsaturated/α-hetero) is 2. The summed E-state index contributed by atoms with van der Waals surface area (Å²) in [5.41, 5.74) is 4.18. The Balaban J connectivity index is 2.90. The molecule has 2 nitrogen and oxygen atoms in total. The topological polar surface area (TPSA) is 34.1 Å². The summed E-state index contributed by atoms with van der Waals surface area (Å²) in [5.74, 6) is 2.49. The smallest absolute Gasteiger partial charge is 0.235 e. The lowest BCUT2D eigenvalue weighted by Gasteiger charge is -2.03. The fourth-order valence-electron chi connectivity index (χ4n) is 1.17. The molecule has 0 saturated carbocycles. The molecule has 0 fully saturated rings. The minimum atomic E-state index is -1.52. The monoisotopic (exact) mass is 244 g/mol. The molecular weight excluding hydrogens is 228 g/mol. The summed E-state index contributed by atoms with van der Waals surface area (Å²) in [6.07, 6.45) is 0. The summed E-state index contributed by atoms with van der Waals surface area (Å²) in [6, 6.07) is 6.62. The molecule has 0 bridgehead atoms. The Morgan fingerprint density at radius 3 is 1.88 bits per heavy atom. The molecule has 0 N–H and O–H groups in total. The average Bonchev–Trinajstić information content (AvgIpc) is 2.25. The molecule has 1 aromatic rings. The zero-order chi connectivity index (χ0) is 13.1. The van der Waals surface area contributed by atoms with Crippen LogP contribution in [0.5, 0.6) is 0 Å². The molecule has 0 aliphatic rings. The van der Waals surface area contributed by atoms with Crippen LogP contribution in [0.1, 0.15) is 27.6 Å². The van der Waals surface area contributed by atoms with Crippen LogP contribution in [0, 0.1) is 11.5 Å². The molecule has 0 radical (unpaired) electrons. The minimum Gasteiger partial charge on any atom is -0.295 e. The molecule has 0 aliphatic heterocycles. The quantitative estimate of drug-likeness (QED) is 0.455. The van der Waals surface area contributed by atoms with Crippen molar-refractivity contribution in [3.05, 3.63) is 35.4 Å². The van der Waals surface area contributed by atoms with Crippen molar-refractivity contribution in [3.63, 3.8) is 0 Å². The second-order valence-corrected chi connectivity index (χ2v) is 9.71. The Hall–Kier alpha value is -1.66. The van der Waals surface area contributed by atoms with E-state index in [1.807, 2.05) is 0 Å². The summed E-state index contributed by atoms with van der Waals surface area (Å²) in [6.45, 7) is 7.77. The Morgan fingerprint density at radius 2 is 1.47 bits per heavy atom. The van der Waals surface area contributed by atoms with Gasteiger partial charge in [-0.05, 0) is 25.0 Å². The maximum absolute atomic E-state index is 11.7. The van der Waals surface area contributed by atoms with E-state index in [0.717, 1.165) is 0 Å². The molecule has 17 heavy (non-hydrogen) atoms. The van der Waals surface area contributed by atoms with E-state index in [1.54, 1.807) is 24.3 Å². The van der Waals surface area contributed by atoms with Crippen LogP contribution in [0.25, 0.3) is 0 Å². The lowest BCUT2D eigenvalue weighted by Crippen LogP contribution is -2.17. The molecular formula is C14H16O2Si. The third-order valence-electron chi connectivity index (χ3n) is 2.10. The summed E-state index contributed by atoms with van der Waals surface area (Å²) < 4.78 is 0. The highest BCUT2D eigenvalue weighted by Crippen LogP contribution is 2.06. The molecule has 0 heterocycles. The first-order chi connectivity index (χ1) is 7.79. The third-order valence-corrected chi connectivity index (χ3v) is 2.98. The van der Waals surface area contributed by atoms with Crippen molar-refractivity contribution in [2.75, 3.05) is 0 Å². The first kappa shape index (κ1) is 13.4. The van der Waals surface area contributed by atoms with Gasteiger partial charge < -0.3 is 0 Å². The van der Waals surface area contributed by atoms with E-state index in [0.29, 0.717) is 11.1 Å². The van der Waals surface area contributed by atoms with E-state index >= 15 is 0 Å². The second-order valence-electron chi connectivity index (χ2n) is 4.96. The van der Waals surface area contributed by atoms with Crippen LogP contribution >= 0.6 is 0 Å². The predicted molar refractivity (Wildman–Crippen MR) is 71.9 cm³/mol. The van der Waals surface area contributed by atoms with E-state index < -0.39 is 8.07 Å². The van der Waals surface area contributed by atoms with Gasteiger partial charge >= 0.3 is 0 Å². The van der Waals surface area contributed by atoms with E-state index in [9.17, 15) is 9.59 Å². The largest absolute Gasteiger partial charge is 0.295 e.